The van der Waals surface area contributed by atoms with Crippen molar-refractivity contribution in [3.8, 4) is 0 Å². The molecule has 1 aliphatic heterocycles. The highest BCUT2D eigenvalue weighted by molar-refractivity contribution is 6.06. The molecule has 108 valence electrons. The summed E-state index contributed by atoms with van der Waals surface area (Å²) in [7, 11) is 0. The summed E-state index contributed by atoms with van der Waals surface area (Å²) < 4.78 is 5.45. The molecular formula is C14H13N3O4. The van der Waals surface area contributed by atoms with Crippen LogP contribution in [-0.2, 0) is 9.59 Å². The molecule has 7 heteroatoms. The predicted molar refractivity (Wildman–Crippen MR) is 74.7 cm³/mol. The molecule has 0 bridgehead atoms. The summed E-state index contributed by atoms with van der Waals surface area (Å²) in [5, 5.41) is 5.89. The molecular weight excluding hydrogens is 274 g/mol. The summed E-state index contributed by atoms with van der Waals surface area (Å²) in [6.45, 7) is 1.48. The molecule has 1 aromatic carbocycles. The van der Waals surface area contributed by atoms with Crippen LogP contribution in [0, 0.1) is 6.92 Å². The topological polar surface area (TPSA) is 91.7 Å². The molecule has 4 amide bonds. The van der Waals surface area contributed by atoms with Gasteiger partial charge in [-0.25, -0.2) is 4.79 Å². The van der Waals surface area contributed by atoms with Crippen molar-refractivity contribution in [1.82, 2.24) is 10.2 Å². The third-order valence-electron chi connectivity index (χ3n) is 3.16. The van der Waals surface area contributed by atoms with Gasteiger partial charge in [-0.3, -0.25) is 14.5 Å². The number of nitrogens with zero attached hydrogens (tertiary/aromatic N) is 1. The van der Waals surface area contributed by atoms with E-state index in [2.05, 4.69) is 10.6 Å². The number of aryl methyl sites for hydroxylation is 1. The zero-order valence-corrected chi connectivity index (χ0v) is 11.3. The number of nitrogens with one attached hydrogen (secondary N) is 2. The van der Waals surface area contributed by atoms with Gasteiger partial charge >= 0.3 is 6.03 Å². The van der Waals surface area contributed by atoms with Gasteiger partial charge in [-0.05, 0) is 31.2 Å². The monoisotopic (exact) mass is 287 g/mol. The average molecular weight is 287 g/mol. The molecule has 7 nitrogen and oxygen atoms in total. The molecule has 1 saturated heterocycles. The van der Waals surface area contributed by atoms with Crippen molar-refractivity contribution in [1.29, 1.82) is 0 Å². The van der Waals surface area contributed by atoms with Crippen molar-refractivity contribution in [2.45, 2.75) is 6.92 Å². The first-order valence-corrected chi connectivity index (χ1v) is 6.41. The number of rotatable bonds is 3. The summed E-state index contributed by atoms with van der Waals surface area (Å²) in [6, 6.07) is 6.55. The summed E-state index contributed by atoms with van der Waals surface area (Å²) in [5.41, 5.74) is 1.32. The number of amides is 4. The Morgan fingerprint density at radius 2 is 2.19 bits per heavy atom. The van der Waals surface area contributed by atoms with E-state index in [0.29, 0.717) is 5.69 Å². The Morgan fingerprint density at radius 1 is 1.38 bits per heavy atom. The number of benzene rings is 1. The summed E-state index contributed by atoms with van der Waals surface area (Å²) in [6.07, 6.45) is 0. The maximum atomic E-state index is 11.9. The second-order valence-corrected chi connectivity index (χ2v) is 4.80. The molecule has 0 saturated carbocycles. The van der Waals surface area contributed by atoms with Gasteiger partial charge in [0.15, 0.2) is 0 Å². The quantitative estimate of drug-likeness (QED) is 0.831. The van der Waals surface area contributed by atoms with Crippen LogP contribution >= 0.6 is 0 Å². The van der Waals surface area contributed by atoms with Crippen molar-refractivity contribution in [2.75, 3.05) is 18.4 Å². The van der Waals surface area contributed by atoms with Crippen LogP contribution in [0.3, 0.4) is 0 Å². The van der Waals surface area contributed by atoms with E-state index in [-0.39, 0.29) is 13.1 Å². The third-order valence-corrected chi connectivity index (χ3v) is 3.16. The Bertz CT molecular complexity index is 734. The Balaban J connectivity index is 1.71. The van der Waals surface area contributed by atoms with Gasteiger partial charge in [0.1, 0.15) is 17.9 Å². The minimum absolute atomic E-state index is 0.0631. The second kappa shape index (κ2) is 4.93. The average Bonchev–Trinajstić information content (AvgIpc) is 2.94. The fourth-order valence-corrected chi connectivity index (χ4v) is 2.21. The number of carbonyl (C=O) groups excluding carboxylic acids is 3. The predicted octanol–water partition coefficient (Wildman–Crippen LogP) is 1.23. The lowest BCUT2D eigenvalue weighted by atomic mass is 10.2. The van der Waals surface area contributed by atoms with Gasteiger partial charge in [-0.15, -0.1) is 0 Å². The maximum Gasteiger partial charge on any atom is 0.325 e. The van der Waals surface area contributed by atoms with E-state index < -0.39 is 17.8 Å². The maximum absolute atomic E-state index is 11.9. The lowest BCUT2D eigenvalue weighted by molar-refractivity contribution is -0.128. The van der Waals surface area contributed by atoms with Crippen molar-refractivity contribution in [3.05, 3.63) is 30.0 Å². The molecule has 0 spiro atoms. The Hall–Kier alpha value is -2.83. The fraction of sp³-hybridized carbons (Fsp3) is 0.214. The molecule has 0 aliphatic carbocycles. The zero-order chi connectivity index (χ0) is 15.0. The molecule has 1 aliphatic rings. The van der Waals surface area contributed by atoms with E-state index in [1.807, 2.05) is 13.0 Å². The van der Waals surface area contributed by atoms with E-state index in [1.165, 1.54) is 0 Å². The van der Waals surface area contributed by atoms with Crippen LogP contribution in [0.15, 0.2) is 28.7 Å². The lowest BCUT2D eigenvalue weighted by Crippen LogP contribution is -2.38. The van der Waals surface area contributed by atoms with Crippen LogP contribution in [0.4, 0.5) is 10.5 Å². The zero-order valence-electron chi connectivity index (χ0n) is 11.3. The number of furan rings is 1. The van der Waals surface area contributed by atoms with Gasteiger partial charge in [0, 0.05) is 11.1 Å². The Labute approximate surface area is 119 Å². The lowest BCUT2D eigenvalue weighted by Gasteiger charge is -2.12. The number of hydrogen-bond donors (Lipinski definition) is 2. The number of anilines is 1. The van der Waals surface area contributed by atoms with Gasteiger partial charge in [0.05, 0.1) is 6.54 Å². The van der Waals surface area contributed by atoms with E-state index in [1.54, 1.807) is 18.2 Å². The second-order valence-electron chi connectivity index (χ2n) is 4.80. The van der Waals surface area contributed by atoms with Gasteiger partial charge in [-0.2, -0.15) is 0 Å². The molecule has 3 rings (SSSR count). The van der Waals surface area contributed by atoms with Gasteiger partial charge in [0.25, 0.3) is 5.91 Å². The fourth-order valence-electron chi connectivity index (χ4n) is 2.21. The Morgan fingerprint density at radius 3 is 2.90 bits per heavy atom. The summed E-state index contributed by atoms with van der Waals surface area (Å²) >= 11 is 0. The van der Waals surface area contributed by atoms with Crippen LogP contribution in [0.5, 0.6) is 0 Å². The molecule has 1 aromatic heterocycles. The largest absolute Gasteiger partial charge is 0.461 e. The molecule has 0 atom stereocenters. The number of carbonyl (C=O) groups is 3. The highest BCUT2D eigenvalue weighted by Crippen LogP contribution is 2.22. The highest BCUT2D eigenvalue weighted by Gasteiger charge is 2.30. The van der Waals surface area contributed by atoms with E-state index in [9.17, 15) is 14.4 Å². The number of fused-ring (bicyclic) bond motifs is 1. The number of hydrogen-bond acceptors (Lipinski definition) is 4. The Kier molecular flexibility index (Phi) is 3.09. The van der Waals surface area contributed by atoms with Crippen LogP contribution in [0.25, 0.3) is 11.0 Å². The van der Waals surface area contributed by atoms with E-state index >= 15 is 0 Å². The minimum atomic E-state index is -0.545. The van der Waals surface area contributed by atoms with Crippen LogP contribution in [0.1, 0.15) is 5.76 Å². The summed E-state index contributed by atoms with van der Waals surface area (Å²) in [4.78, 5) is 35.5. The van der Waals surface area contributed by atoms with Crippen molar-refractivity contribution in [2.24, 2.45) is 0 Å². The first-order valence-electron chi connectivity index (χ1n) is 6.41. The first-order chi connectivity index (χ1) is 10.0. The SMILES string of the molecule is Cc1cc2cc(NC(=O)CN3C(=O)CNC3=O)ccc2o1. The van der Waals surface area contributed by atoms with Crippen LogP contribution in [-0.4, -0.2) is 35.8 Å². The molecule has 2 aromatic rings. The first kappa shape index (κ1) is 13.2. The molecule has 21 heavy (non-hydrogen) atoms. The van der Waals surface area contributed by atoms with Gasteiger partial charge in [0.2, 0.25) is 5.91 Å². The molecule has 1 fully saturated rings. The van der Waals surface area contributed by atoms with Crippen LogP contribution < -0.4 is 10.6 Å². The minimum Gasteiger partial charge on any atom is -0.461 e. The normalized spacial score (nSPS) is 14.6. The van der Waals surface area contributed by atoms with E-state index in [0.717, 1.165) is 21.6 Å². The summed E-state index contributed by atoms with van der Waals surface area (Å²) in [5.74, 6) is -0.0520. The van der Waals surface area contributed by atoms with Crippen molar-refractivity contribution < 1.29 is 18.8 Å². The van der Waals surface area contributed by atoms with E-state index in [4.69, 9.17) is 4.42 Å². The van der Waals surface area contributed by atoms with Gasteiger partial charge in [-0.1, -0.05) is 0 Å². The van der Waals surface area contributed by atoms with Crippen molar-refractivity contribution >= 4 is 34.5 Å². The highest BCUT2D eigenvalue weighted by atomic mass is 16.3. The van der Waals surface area contributed by atoms with Crippen LogP contribution in [0.2, 0.25) is 0 Å². The number of imide groups is 1. The van der Waals surface area contributed by atoms with Gasteiger partial charge < -0.3 is 15.1 Å². The number of urea groups is 1. The molecule has 2 N–H and O–H groups in total. The molecule has 2 heterocycles. The standard InChI is InChI=1S/C14H13N3O4/c1-8-4-9-5-10(2-3-11(9)21-8)16-12(18)7-17-13(19)6-15-14(17)20/h2-5H,6-7H2,1H3,(H,15,20)(H,16,18). The van der Waals surface area contributed by atoms with Crippen molar-refractivity contribution in [3.63, 3.8) is 0 Å². The third kappa shape index (κ3) is 2.58. The molecule has 0 radical (unpaired) electrons. The smallest absolute Gasteiger partial charge is 0.325 e. The molecule has 0 unspecified atom stereocenters.